The van der Waals surface area contributed by atoms with Gasteiger partial charge in [-0.15, -0.1) is 0 Å². The number of carbonyl (C=O) groups is 2. The van der Waals surface area contributed by atoms with E-state index in [4.69, 9.17) is 4.42 Å². The largest absolute Gasteiger partial charge is 0.462 e. The fourth-order valence-electron chi connectivity index (χ4n) is 2.62. The summed E-state index contributed by atoms with van der Waals surface area (Å²) in [5.74, 6) is -0.204. The van der Waals surface area contributed by atoms with Crippen LogP contribution in [0.15, 0.2) is 70.8 Å². The van der Waals surface area contributed by atoms with Crippen molar-refractivity contribution < 1.29 is 18.9 Å². The molecular weight excluding hydrogens is 386 g/mol. The molecule has 0 radical (unpaired) electrons. The maximum absolute atomic E-state index is 12.8. The Morgan fingerprint density at radius 3 is 2.40 bits per heavy atom. The van der Waals surface area contributed by atoms with Gasteiger partial charge in [0.25, 0.3) is 17.5 Å². The van der Waals surface area contributed by atoms with Crippen LogP contribution in [0.1, 0.15) is 27.4 Å². The Bertz CT molecular complexity index is 1130. The van der Waals surface area contributed by atoms with E-state index in [1.165, 1.54) is 24.3 Å². The number of aryl methyl sites for hydroxylation is 2. The molecule has 0 aliphatic heterocycles. The Morgan fingerprint density at radius 1 is 1.03 bits per heavy atom. The van der Waals surface area contributed by atoms with Crippen LogP contribution in [-0.4, -0.2) is 16.7 Å². The van der Waals surface area contributed by atoms with Crippen LogP contribution >= 0.6 is 0 Å². The van der Waals surface area contributed by atoms with Crippen molar-refractivity contribution in [1.82, 2.24) is 5.32 Å². The number of nitro groups is 1. The number of anilines is 1. The SMILES string of the molecule is Cc1ccc(NC(=O)/C(=C/c2ccc(C)o2)NC(=O)c2cccc([N+](=O)[O-])c2)cc1. The third-order valence-corrected chi connectivity index (χ3v) is 4.17. The number of nitrogens with one attached hydrogen (secondary N) is 2. The van der Waals surface area contributed by atoms with Crippen LogP contribution in [0, 0.1) is 24.0 Å². The molecule has 0 bridgehead atoms. The number of benzene rings is 2. The summed E-state index contributed by atoms with van der Waals surface area (Å²) in [6.45, 7) is 3.68. The maximum atomic E-state index is 12.8. The number of hydrogen-bond donors (Lipinski definition) is 2. The number of furan rings is 1. The summed E-state index contributed by atoms with van der Waals surface area (Å²) in [6.07, 6.45) is 1.39. The molecule has 0 aliphatic rings. The first kappa shape index (κ1) is 20.5. The van der Waals surface area contributed by atoms with Gasteiger partial charge in [-0.25, -0.2) is 0 Å². The topological polar surface area (TPSA) is 114 Å². The van der Waals surface area contributed by atoms with Gasteiger partial charge in [-0.1, -0.05) is 23.8 Å². The first-order valence-electron chi connectivity index (χ1n) is 9.04. The Hall–Kier alpha value is -4.20. The van der Waals surface area contributed by atoms with Crippen LogP contribution in [0.5, 0.6) is 0 Å². The minimum atomic E-state index is -0.660. The third-order valence-electron chi connectivity index (χ3n) is 4.17. The van der Waals surface area contributed by atoms with Crippen LogP contribution in [-0.2, 0) is 4.79 Å². The second-order valence-electron chi connectivity index (χ2n) is 6.59. The molecule has 3 rings (SSSR count). The number of nitrogens with zero attached hydrogens (tertiary/aromatic N) is 1. The molecule has 3 aromatic rings. The molecule has 0 saturated carbocycles. The van der Waals surface area contributed by atoms with Gasteiger partial charge in [0, 0.05) is 29.5 Å². The molecule has 0 fully saturated rings. The molecule has 30 heavy (non-hydrogen) atoms. The first-order chi connectivity index (χ1) is 14.3. The molecule has 8 heteroatoms. The predicted molar refractivity (Wildman–Crippen MR) is 112 cm³/mol. The second-order valence-corrected chi connectivity index (χ2v) is 6.59. The van der Waals surface area contributed by atoms with E-state index in [-0.39, 0.29) is 16.9 Å². The van der Waals surface area contributed by atoms with E-state index in [0.29, 0.717) is 17.2 Å². The average Bonchev–Trinajstić information content (AvgIpc) is 3.14. The van der Waals surface area contributed by atoms with Gasteiger partial charge < -0.3 is 15.1 Å². The minimum Gasteiger partial charge on any atom is -0.462 e. The first-order valence-corrected chi connectivity index (χ1v) is 9.04. The Kier molecular flexibility index (Phi) is 6.07. The number of rotatable bonds is 6. The predicted octanol–water partition coefficient (Wildman–Crippen LogP) is 4.21. The summed E-state index contributed by atoms with van der Waals surface area (Å²) in [6, 6.07) is 15.8. The van der Waals surface area contributed by atoms with Crippen molar-refractivity contribution in [2.24, 2.45) is 0 Å². The molecule has 2 N–H and O–H groups in total. The molecule has 1 heterocycles. The molecular formula is C22H19N3O5. The molecule has 1 aromatic heterocycles. The van der Waals surface area contributed by atoms with E-state index < -0.39 is 16.7 Å². The summed E-state index contributed by atoms with van der Waals surface area (Å²) < 4.78 is 5.47. The normalized spacial score (nSPS) is 11.1. The van der Waals surface area contributed by atoms with E-state index in [9.17, 15) is 19.7 Å². The van der Waals surface area contributed by atoms with Crippen LogP contribution in [0.3, 0.4) is 0 Å². The monoisotopic (exact) mass is 405 g/mol. The summed E-state index contributed by atoms with van der Waals surface area (Å²) in [4.78, 5) is 35.8. The summed E-state index contributed by atoms with van der Waals surface area (Å²) in [5, 5.41) is 16.2. The van der Waals surface area contributed by atoms with Crippen molar-refractivity contribution in [3.63, 3.8) is 0 Å². The van der Waals surface area contributed by atoms with Crippen molar-refractivity contribution in [2.75, 3.05) is 5.32 Å². The van der Waals surface area contributed by atoms with E-state index in [0.717, 1.165) is 11.6 Å². The van der Waals surface area contributed by atoms with Gasteiger partial charge in [0.05, 0.1) is 4.92 Å². The van der Waals surface area contributed by atoms with Crippen molar-refractivity contribution in [3.8, 4) is 0 Å². The molecule has 8 nitrogen and oxygen atoms in total. The van der Waals surface area contributed by atoms with Gasteiger partial charge in [-0.05, 0) is 44.2 Å². The Balaban J connectivity index is 1.87. The number of hydrogen-bond acceptors (Lipinski definition) is 5. The highest BCUT2D eigenvalue weighted by Gasteiger charge is 2.17. The fourth-order valence-corrected chi connectivity index (χ4v) is 2.62. The zero-order chi connectivity index (χ0) is 21.7. The third kappa shape index (κ3) is 5.20. The van der Waals surface area contributed by atoms with Crippen LogP contribution in [0.4, 0.5) is 11.4 Å². The summed E-state index contributed by atoms with van der Waals surface area (Å²) in [7, 11) is 0. The quantitative estimate of drug-likeness (QED) is 0.362. The lowest BCUT2D eigenvalue weighted by atomic mass is 10.2. The zero-order valence-electron chi connectivity index (χ0n) is 16.3. The second kappa shape index (κ2) is 8.87. The minimum absolute atomic E-state index is 0.0499. The number of carbonyl (C=O) groups excluding carboxylic acids is 2. The molecule has 0 unspecified atom stereocenters. The van der Waals surface area contributed by atoms with Crippen LogP contribution < -0.4 is 10.6 Å². The molecule has 2 amide bonds. The van der Waals surface area contributed by atoms with Crippen LogP contribution in [0.2, 0.25) is 0 Å². The van der Waals surface area contributed by atoms with Gasteiger partial charge in [-0.2, -0.15) is 0 Å². The van der Waals surface area contributed by atoms with Crippen molar-refractivity contribution in [3.05, 3.63) is 99.1 Å². The number of nitro benzene ring substituents is 1. The van der Waals surface area contributed by atoms with Crippen molar-refractivity contribution in [1.29, 1.82) is 0 Å². The highest BCUT2D eigenvalue weighted by atomic mass is 16.6. The van der Waals surface area contributed by atoms with Crippen molar-refractivity contribution >= 4 is 29.3 Å². The van der Waals surface area contributed by atoms with E-state index >= 15 is 0 Å². The molecule has 2 aromatic carbocycles. The van der Waals surface area contributed by atoms with Gasteiger partial charge in [0.15, 0.2) is 0 Å². The Labute approximate surface area is 172 Å². The highest BCUT2D eigenvalue weighted by Crippen LogP contribution is 2.16. The number of amides is 2. The fraction of sp³-hybridized carbons (Fsp3) is 0.0909. The number of non-ortho nitro benzene ring substituents is 1. The van der Waals surface area contributed by atoms with E-state index in [1.54, 1.807) is 31.2 Å². The molecule has 0 spiro atoms. The standard InChI is InChI=1S/C22H19N3O5/c1-14-6-9-17(10-7-14)23-22(27)20(13-19-11-8-15(2)30-19)24-21(26)16-4-3-5-18(12-16)25(28)29/h3-13H,1-2H3,(H,23,27)(H,24,26)/b20-13-. The highest BCUT2D eigenvalue weighted by molar-refractivity contribution is 6.10. The smallest absolute Gasteiger partial charge is 0.272 e. The lowest BCUT2D eigenvalue weighted by Crippen LogP contribution is -2.30. The van der Waals surface area contributed by atoms with E-state index in [2.05, 4.69) is 10.6 Å². The van der Waals surface area contributed by atoms with Crippen LogP contribution in [0.25, 0.3) is 6.08 Å². The maximum Gasteiger partial charge on any atom is 0.272 e. The Morgan fingerprint density at radius 2 is 1.77 bits per heavy atom. The van der Waals surface area contributed by atoms with Gasteiger partial charge in [-0.3, -0.25) is 19.7 Å². The van der Waals surface area contributed by atoms with Gasteiger partial charge >= 0.3 is 0 Å². The van der Waals surface area contributed by atoms with Crippen molar-refractivity contribution in [2.45, 2.75) is 13.8 Å². The molecule has 0 atom stereocenters. The lowest BCUT2D eigenvalue weighted by molar-refractivity contribution is -0.384. The molecule has 0 aliphatic carbocycles. The summed E-state index contributed by atoms with van der Waals surface area (Å²) in [5.41, 5.74) is 1.35. The summed E-state index contributed by atoms with van der Waals surface area (Å²) >= 11 is 0. The molecule has 0 saturated heterocycles. The van der Waals surface area contributed by atoms with E-state index in [1.807, 2.05) is 19.1 Å². The van der Waals surface area contributed by atoms with Gasteiger partial charge in [0.2, 0.25) is 0 Å². The van der Waals surface area contributed by atoms with Gasteiger partial charge in [0.1, 0.15) is 17.2 Å². The lowest BCUT2D eigenvalue weighted by Gasteiger charge is -2.11. The molecule has 152 valence electrons. The average molecular weight is 405 g/mol. The zero-order valence-corrected chi connectivity index (χ0v) is 16.3.